The number of hydrogen-bond donors (Lipinski definition) is 2. The molecule has 2 amide bonds. The van der Waals surface area contributed by atoms with Gasteiger partial charge in [-0.15, -0.1) is 0 Å². The summed E-state index contributed by atoms with van der Waals surface area (Å²) in [5.41, 5.74) is 0.882. The van der Waals surface area contributed by atoms with Crippen LogP contribution >= 0.6 is 0 Å². The zero-order valence-corrected chi connectivity index (χ0v) is 20.6. The van der Waals surface area contributed by atoms with E-state index < -0.39 is 60.1 Å². The molecule has 1 aliphatic heterocycles. The molecule has 0 radical (unpaired) electrons. The molecule has 2 aliphatic rings. The molecule has 2 N–H and O–H groups in total. The summed E-state index contributed by atoms with van der Waals surface area (Å²) in [7, 11) is 0. The topological polar surface area (TPSA) is 79.9 Å². The summed E-state index contributed by atoms with van der Waals surface area (Å²) in [6, 6.07) is 7.79. The Morgan fingerprint density at radius 2 is 1.76 bits per heavy atom. The fraction of sp³-hybridized carbons (Fsp3) is 0.462. The fourth-order valence-corrected chi connectivity index (χ4v) is 4.74. The Labute approximate surface area is 212 Å². The third kappa shape index (κ3) is 6.40. The van der Waals surface area contributed by atoms with E-state index in [2.05, 4.69) is 15.4 Å². The lowest BCUT2D eigenvalue weighted by Crippen LogP contribution is -2.58. The highest BCUT2D eigenvalue weighted by molar-refractivity contribution is 5.84. The van der Waals surface area contributed by atoms with Gasteiger partial charge in [0.05, 0.1) is 18.2 Å². The van der Waals surface area contributed by atoms with E-state index >= 15 is 0 Å². The molecule has 0 saturated carbocycles. The molecule has 4 rings (SSSR count). The number of fused-ring (bicyclic) bond motifs is 1. The molecular weight excluding hydrogens is 494 g/mol. The van der Waals surface area contributed by atoms with E-state index in [0.29, 0.717) is 12.5 Å². The van der Waals surface area contributed by atoms with Crippen LogP contribution in [0.25, 0.3) is 0 Å². The molecule has 7 nitrogen and oxygen atoms in total. The van der Waals surface area contributed by atoms with Gasteiger partial charge in [0, 0.05) is 24.7 Å². The van der Waals surface area contributed by atoms with E-state index in [1.54, 1.807) is 20.8 Å². The first-order valence-electron chi connectivity index (χ1n) is 11.9. The molecule has 200 valence electrons. The third-order valence-corrected chi connectivity index (χ3v) is 6.27. The minimum Gasteiger partial charge on any atom is -0.444 e. The molecule has 0 bridgehead atoms. The van der Waals surface area contributed by atoms with Gasteiger partial charge >= 0.3 is 12.7 Å². The first kappa shape index (κ1) is 26.9. The number of rotatable bonds is 7. The Morgan fingerprint density at radius 3 is 2.41 bits per heavy atom. The van der Waals surface area contributed by atoms with Gasteiger partial charge in [-0.25, -0.2) is 13.6 Å². The number of carbonyl (C=O) groups excluding carboxylic acids is 2. The van der Waals surface area contributed by atoms with Crippen LogP contribution in [0.1, 0.15) is 49.5 Å². The third-order valence-electron chi connectivity index (χ3n) is 6.27. The van der Waals surface area contributed by atoms with Crippen molar-refractivity contribution in [1.29, 1.82) is 0 Å². The number of amides is 2. The maximum absolute atomic E-state index is 14.8. The largest absolute Gasteiger partial charge is 0.444 e. The van der Waals surface area contributed by atoms with Gasteiger partial charge in [-0.05, 0) is 44.4 Å². The van der Waals surface area contributed by atoms with Crippen LogP contribution in [0.5, 0.6) is 0 Å². The monoisotopic (exact) mass is 523 g/mol. The molecule has 0 aromatic heterocycles. The van der Waals surface area contributed by atoms with Crippen LogP contribution in [0, 0.1) is 11.6 Å². The summed E-state index contributed by atoms with van der Waals surface area (Å²) in [4.78, 5) is 27.6. The van der Waals surface area contributed by atoms with Gasteiger partial charge in [-0.1, -0.05) is 30.3 Å². The lowest BCUT2D eigenvalue weighted by Gasteiger charge is -2.43. The van der Waals surface area contributed by atoms with Crippen molar-refractivity contribution in [2.45, 2.75) is 63.6 Å². The number of ether oxygens (including phenoxy) is 2. The van der Waals surface area contributed by atoms with Crippen LogP contribution in [0.3, 0.4) is 0 Å². The van der Waals surface area contributed by atoms with Crippen molar-refractivity contribution in [1.82, 2.24) is 15.5 Å². The summed E-state index contributed by atoms with van der Waals surface area (Å²) in [5.74, 6) is -2.36. The Kier molecular flexibility index (Phi) is 7.75. The molecule has 1 unspecified atom stereocenters. The molecule has 11 heteroatoms. The molecule has 0 spiro atoms. The number of alkyl carbamates (subject to hydrolysis) is 1. The summed E-state index contributed by atoms with van der Waals surface area (Å²) in [6.07, 6.45) is -1.10. The maximum Gasteiger partial charge on any atom is 0.408 e. The number of alkyl halides is 2. The summed E-state index contributed by atoms with van der Waals surface area (Å²) >= 11 is 0. The van der Waals surface area contributed by atoms with E-state index in [9.17, 15) is 27.2 Å². The Hall–Kier alpha value is -3.18. The maximum atomic E-state index is 14.8. The Morgan fingerprint density at radius 1 is 1.05 bits per heavy atom. The van der Waals surface area contributed by atoms with Gasteiger partial charge in [0.15, 0.2) is 0 Å². The molecule has 1 heterocycles. The van der Waals surface area contributed by atoms with Gasteiger partial charge < -0.3 is 20.1 Å². The van der Waals surface area contributed by atoms with Gasteiger partial charge in [-0.2, -0.15) is 8.78 Å². The van der Waals surface area contributed by atoms with Crippen molar-refractivity contribution < 1.29 is 36.6 Å². The van der Waals surface area contributed by atoms with Gasteiger partial charge in [0.25, 0.3) is 0 Å². The molecule has 1 aliphatic carbocycles. The average molecular weight is 524 g/mol. The van der Waals surface area contributed by atoms with Crippen molar-refractivity contribution in [3.05, 3.63) is 70.8 Å². The van der Waals surface area contributed by atoms with Crippen LogP contribution in [0.15, 0.2) is 42.5 Å². The van der Waals surface area contributed by atoms with Gasteiger partial charge in [0.2, 0.25) is 5.91 Å². The molecule has 2 aromatic carbocycles. The second kappa shape index (κ2) is 10.7. The van der Waals surface area contributed by atoms with Crippen molar-refractivity contribution in [3.63, 3.8) is 0 Å². The van der Waals surface area contributed by atoms with Crippen molar-refractivity contribution >= 4 is 12.0 Å². The minimum absolute atomic E-state index is 0.0380. The lowest BCUT2D eigenvalue weighted by atomic mass is 9.98. The fourth-order valence-electron chi connectivity index (χ4n) is 4.74. The normalized spacial score (nSPS) is 20.8. The highest BCUT2D eigenvalue weighted by atomic mass is 19.3. The summed E-state index contributed by atoms with van der Waals surface area (Å²) in [6.45, 7) is 2.14. The number of halogens is 4. The number of hydrogen-bond acceptors (Lipinski definition) is 5. The molecule has 1 fully saturated rings. The molecule has 3 atom stereocenters. The van der Waals surface area contributed by atoms with Crippen molar-refractivity contribution in [3.8, 4) is 0 Å². The van der Waals surface area contributed by atoms with Gasteiger partial charge in [0.1, 0.15) is 23.3 Å². The molecule has 2 aromatic rings. The standard InChI is InChI=1S/C26H29F4N3O4/c1-26(2,3)37-25(35)32-21-17-7-5-4-6-14(17)10-20(21)31-23(34)22(18-9-8-15(27)11-19(18)28)33-12-16(13-33)36-24(29)30/h4-9,11,16,20-22,24H,10,12-13H2,1-3H3,(H,31,34)(H,32,35)/t20-,21-,22?/m0/s1. The molecule has 37 heavy (non-hydrogen) atoms. The van der Waals surface area contributed by atoms with Crippen molar-refractivity contribution in [2.24, 2.45) is 0 Å². The van der Waals surface area contributed by atoms with E-state index in [4.69, 9.17) is 4.74 Å². The Balaban J connectivity index is 1.56. The van der Waals surface area contributed by atoms with E-state index in [1.807, 2.05) is 24.3 Å². The highest BCUT2D eigenvalue weighted by Gasteiger charge is 2.42. The Bertz CT molecular complexity index is 1150. The van der Waals surface area contributed by atoms with Gasteiger partial charge in [-0.3, -0.25) is 9.69 Å². The van der Waals surface area contributed by atoms with Crippen LogP contribution in [0.2, 0.25) is 0 Å². The predicted molar refractivity (Wildman–Crippen MR) is 126 cm³/mol. The number of benzene rings is 2. The first-order valence-corrected chi connectivity index (χ1v) is 11.9. The zero-order chi connectivity index (χ0) is 26.9. The number of likely N-dealkylation sites (tertiary alicyclic amines) is 1. The minimum atomic E-state index is -2.97. The van der Waals surface area contributed by atoms with E-state index in [1.165, 1.54) is 4.90 Å². The van der Waals surface area contributed by atoms with Crippen molar-refractivity contribution in [2.75, 3.05) is 13.1 Å². The first-order chi connectivity index (χ1) is 17.4. The van der Waals surface area contributed by atoms with Crippen LogP contribution in [0.4, 0.5) is 22.4 Å². The van der Waals surface area contributed by atoms with E-state index in [0.717, 1.165) is 23.3 Å². The number of carbonyl (C=O) groups is 2. The molecular formula is C26H29F4N3O4. The zero-order valence-electron chi connectivity index (χ0n) is 20.6. The van der Waals surface area contributed by atoms with Crippen LogP contribution in [-0.4, -0.2) is 54.3 Å². The second-order valence-corrected chi connectivity index (χ2v) is 10.2. The van der Waals surface area contributed by atoms with E-state index in [-0.39, 0.29) is 18.7 Å². The summed E-state index contributed by atoms with van der Waals surface area (Å²) < 4.78 is 63.4. The average Bonchev–Trinajstić information content (AvgIpc) is 3.08. The predicted octanol–water partition coefficient (Wildman–Crippen LogP) is 4.24. The smallest absolute Gasteiger partial charge is 0.408 e. The van der Waals surface area contributed by atoms with Crippen LogP contribution in [-0.2, 0) is 20.7 Å². The quantitative estimate of drug-likeness (QED) is 0.531. The lowest BCUT2D eigenvalue weighted by molar-refractivity contribution is -0.201. The van der Waals surface area contributed by atoms with Crippen LogP contribution < -0.4 is 10.6 Å². The number of nitrogens with zero attached hydrogens (tertiary/aromatic N) is 1. The second-order valence-electron chi connectivity index (χ2n) is 10.2. The highest BCUT2D eigenvalue weighted by Crippen LogP contribution is 2.34. The molecule has 1 saturated heterocycles. The SMILES string of the molecule is CC(C)(C)OC(=O)N[C@H]1c2ccccc2C[C@@H]1NC(=O)C(c1ccc(F)cc1F)N1CC(OC(F)F)C1. The number of nitrogens with one attached hydrogen (secondary N) is 2. The summed E-state index contributed by atoms with van der Waals surface area (Å²) in [5, 5.41) is 5.70.